The summed E-state index contributed by atoms with van der Waals surface area (Å²) in [7, 11) is 0. The van der Waals surface area contributed by atoms with Crippen molar-refractivity contribution in [3.05, 3.63) is 59.2 Å². The number of amides is 3. The van der Waals surface area contributed by atoms with Gasteiger partial charge in [-0.05, 0) is 42.5 Å². The van der Waals surface area contributed by atoms with Crippen molar-refractivity contribution in [2.75, 3.05) is 11.9 Å². The summed E-state index contributed by atoms with van der Waals surface area (Å²) in [6.07, 6.45) is -4.44. The molecule has 0 saturated heterocycles. The number of urea groups is 1. The second-order valence-electron chi connectivity index (χ2n) is 5.28. The van der Waals surface area contributed by atoms with Crippen LogP contribution < -0.4 is 16.4 Å². The highest BCUT2D eigenvalue weighted by Crippen LogP contribution is 2.29. The Morgan fingerprint density at radius 3 is 2.33 bits per heavy atom. The van der Waals surface area contributed by atoms with Gasteiger partial charge in [-0.1, -0.05) is 11.8 Å². The van der Waals surface area contributed by atoms with Crippen LogP contribution in [0.15, 0.2) is 42.5 Å². The van der Waals surface area contributed by atoms with Crippen LogP contribution in [0.1, 0.15) is 21.5 Å². The lowest BCUT2D eigenvalue weighted by atomic mass is 10.1. The predicted octanol–water partition coefficient (Wildman–Crippen LogP) is 2.68. The van der Waals surface area contributed by atoms with E-state index in [1.54, 1.807) is 0 Å². The summed E-state index contributed by atoms with van der Waals surface area (Å²) in [5.41, 5.74) is 4.82. The van der Waals surface area contributed by atoms with E-state index in [9.17, 15) is 27.9 Å². The predicted molar refractivity (Wildman–Crippen MR) is 92.0 cm³/mol. The first-order chi connectivity index (χ1) is 12.7. The monoisotopic (exact) mass is 377 g/mol. The van der Waals surface area contributed by atoms with Crippen LogP contribution in [0.4, 0.5) is 23.7 Å². The Hall–Kier alpha value is -3.67. The van der Waals surface area contributed by atoms with Gasteiger partial charge in [-0.15, -0.1) is 0 Å². The highest BCUT2D eigenvalue weighted by Gasteiger charge is 2.29. The minimum absolute atomic E-state index is 0.0328. The average molecular weight is 377 g/mol. The molecule has 0 aliphatic heterocycles. The van der Waals surface area contributed by atoms with Gasteiger partial charge in [-0.25, -0.2) is 4.79 Å². The molecule has 9 heteroatoms. The van der Waals surface area contributed by atoms with Crippen LogP contribution in [0.5, 0.6) is 5.75 Å². The molecule has 0 aliphatic rings. The number of carbonyl (C=O) groups is 2. The third-order valence-electron chi connectivity index (χ3n) is 3.30. The molecule has 0 saturated carbocycles. The molecule has 0 radical (unpaired) electrons. The molecular formula is C18H14F3N3O3. The Morgan fingerprint density at radius 2 is 1.78 bits per heavy atom. The van der Waals surface area contributed by atoms with Crippen molar-refractivity contribution in [2.45, 2.75) is 6.18 Å². The van der Waals surface area contributed by atoms with Crippen molar-refractivity contribution in [3.63, 3.8) is 0 Å². The van der Waals surface area contributed by atoms with E-state index >= 15 is 0 Å². The van der Waals surface area contributed by atoms with E-state index < -0.39 is 23.7 Å². The van der Waals surface area contributed by atoms with E-state index in [4.69, 9.17) is 5.73 Å². The first-order valence-corrected chi connectivity index (χ1v) is 7.50. The maximum atomic E-state index is 12.5. The average Bonchev–Trinajstić information content (AvgIpc) is 2.58. The van der Waals surface area contributed by atoms with Crippen LogP contribution >= 0.6 is 0 Å². The lowest BCUT2D eigenvalue weighted by Crippen LogP contribution is -2.28. The van der Waals surface area contributed by atoms with Gasteiger partial charge >= 0.3 is 12.2 Å². The fourth-order valence-electron chi connectivity index (χ4n) is 2.01. The molecule has 140 valence electrons. The minimum atomic E-state index is -4.44. The van der Waals surface area contributed by atoms with Crippen LogP contribution in [0.25, 0.3) is 0 Å². The maximum absolute atomic E-state index is 12.5. The highest BCUT2D eigenvalue weighted by molar-refractivity contribution is 5.95. The van der Waals surface area contributed by atoms with Gasteiger partial charge < -0.3 is 21.5 Å². The van der Waals surface area contributed by atoms with Gasteiger partial charge in [0.25, 0.3) is 5.91 Å². The zero-order chi connectivity index (χ0) is 20.0. The Labute approximate surface area is 152 Å². The molecular weight excluding hydrogens is 363 g/mol. The van der Waals surface area contributed by atoms with E-state index in [0.717, 1.165) is 24.3 Å². The van der Waals surface area contributed by atoms with Crippen molar-refractivity contribution in [1.29, 1.82) is 0 Å². The van der Waals surface area contributed by atoms with Gasteiger partial charge in [-0.3, -0.25) is 4.79 Å². The molecule has 0 aromatic heterocycles. The lowest BCUT2D eigenvalue weighted by molar-refractivity contribution is -0.137. The number of hydrogen-bond donors (Lipinski definition) is 4. The Bertz CT molecular complexity index is 913. The number of benzene rings is 2. The van der Waals surface area contributed by atoms with E-state index in [-0.39, 0.29) is 23.5 Å². The smallest absolute Gasteiger partial charge is 0.416 e. The van der Waals surface area contributed by atoms with Crippen molar-refractivity contribution in [3.8, 4) is 17.6 Å². The fourth-order valence-corrected chi connectivity index (χ4v) is 2.01. The summed E-state index contributed by atoms with van der Waals surface area (Å²) >= 11 is 0. The third-order valence-corrected chi connectivity index (χ3v) is 3.30. The van der Waals surface area contributed by atoms with Crippen LogP contribution in [-0.2, 0) is 6.18 Å². The molecule has 2 aromatic carbocycles. The number of nitrogens with two attached hydrogens (primary N) is 1. The summed E-state index contributed by atoms with van der Waals surface area (Å²) in [6, 6.07) is 7.41. The van der Waals surface area contributed by atoms with Gasteiger partial charge in [0, 0.05) is 11.3 Å². The molecule has 6 nitrogen and oxygen atoms in total. The quantitative estimate of drug-likeness (QED) is 0.618. The summed E-state index contributed by atoms with van der Waals surface area (Å²) < 4.78 is 37.4. The number of anilines is 1. The molecule has 0 bridgehead atoms. The number of primary amides is 1. The minimum Gasteiger partial charge on any atom is -0.507 e. The molecule has 0 aliphatic carbocycles. The van der Waals surface area contributed by atoms with Crippen LogP contribution in [-0.4, -0.2) is 23.6 Å². The van der Waals surface area contributed by atoms with Crippen LogP contribution in [0.3, 0.4) is 0 Å². The topological polar surface area (TPSA) is 104 Å². The van der Waals surface area contributed by atoms with E-state index in [1.807, 2.05) is 0 Å². The molecule has 2 rings (SSSR count). The maximum Gasteiger partial charge on any atom is 0.416 e. The number of carbonyl (C=O) groups excluding carboxylic acids is 2. The zero-order valence-corrected chi connectivity index (χ0v) is 13.7. The zero-order valence-electron chi connectivity index (χ0n) is 13.7. The van der Waals surface area contributed by atoms with Crippen molar-refractivity contribution in [1.82, 2.24) is 5.32 Å². The van der Waals surface area contributed by atoms with E-state index in [1.165, 1.54) is 18.2 Å². The lowest BCUT2D eigenvalue weighted by Gasteiger charge is -2.08. The summed E-state index contributed by atoms with van der Waals surface area (Å²) in [6.45, 7) is -0.0508. The number of rotatable bonds is 3. The van der Waals surface area contributed by atoms with E-state index in [2.05, 4.69) is 22.5 Å². The van der Waals surface area contributed by atoms with Crippen LogP contribution in [0.2, 0.25) is 0 Å². The molecule has 0 heterocycles. The molecule has 0 unspecified atom stereocenters. The van der Waals surface area contributed by atoms with Crippen molar-refractivity contribution < 1.29 is 27.9 Å². The molecule has 0 spiro atoms. The number of phenols is 1. The normalized spacial score (nSPS) is 10.5. The number of alkyl halides is 3. The number of nitrogens with one attached hydrogen (secondary N) is 2. The number of halogens is 3. The first kappa shape index (κ1) is 19.7. The van der Waals surface area contributed by atoms with Crippen LogP contribution in [0, 0.1) is 11.8 Å². The molecule has 27 heavy (non-hydrogen) atoms. The van der Waals surface area contributed by atoms with Gasteiger partial charge in [0.2, 0.25) is 0 Å². The Balaban J connectivity index is 1.87. The largest absolute Gasteiger partial charge is 0.507 e. The fraction of sp³-hybridized carbons (Fsp3) is 0.111. The second-order valence-corrected chi connectivity index (χ2v) is 5.28. The summed E-state index contributed by atoms with van der Waals surface area (Å²) in [5.74, 6) is 4.22. The molecule has 5 N–H and O–H groups in total. The number of hydrogen-bond acceptors (Lipinski definition) is 3. The summed E-state index contributed by atoms with van der Waals surface area (Å²) in [4.78, 5) is 22.7. The van der Waals surface area contributed by atoms with Gasteiger partial charge in [0.1, 0.15) is 5.75 Å². The van der Waals surface area contributed by atoms with E-state index in [0.29, 0.717) is 5.56 Å². The molecule has 0 fully saturated rings. The molecule has 3 amide bonds. The summed E-state index contributed by atoms with van der Waals surface area (Å²) in [5, 5.41) is 14.4. The Kier molecular flexibility index (Phi) is 5.92. The second kappa shape index (κ2) is 8.14. The van der Waals surface area contributed by atoms with Crippen molar-refractivity contribution >= 4 is 17.6 Å². The standard InChI is InChI=1S/C18H14F3N3O3/c19-18(20,21)12-4-6-13(7-5-12)24-17(27)23-9-1-2-11-3-8-14(16(22)26)15(25)10-11/h3-8,10,25H,9H2,(H2,22,26)(H2,23,24,27). The SMILES string of the molecule is NC(=O)c1ccc(C#CCNC(=O)Nc2ccc(C(F)(F)F)cc2)cc1O. The first-order valence-electron chi connectivity index (χ1n) is 7.50. The highest BCUT2D eigenvalue weighted by atomic mass is 19.4. The van der Waals surface area contributed by atoms with Gasteiger partial charge in [0.15, 0.2) is 0 Å². The number of aromatic hydroxyl groups is 1. The molecule has 0 atom stereocenters. The molecule has 2 aromatic rings. The van der Waals surface area contributed by atoms with Gasteiger partial charge in [0.05, 0.1) is 17.7 Å². The van der Waals surface area contributed by atoms with Gasteiger partial charge in [-0.2, -0.15) is 13.2 Å². The Morgan fingerprint density at radius 1 is 1.11 bits per heavy atom. The van der Waals surface area contributed by atoms with Crippen molar-refractivity contribution in [2.24, 2.45) is 5.73 Å². The third kappa shape index (κ3) is 5.67.